The van der Waals surface area contributed by atoms with Gasteiger partial charge in [0.05, 0.1) is 12.4 Å². The van der Waals surface area contributed by atoms with Crippen LogP contribution in [-0.2, 0) is 4.74 Å². The van der Waals surface area contributed by atoms with Crippen LogP contribution in [0.3, 0.4) is 0 Å². The molecule has 5 unspecified atom stereocenters. The topological polar surface area (TPSA) is 22.1 Å². The van der Waals surface area contributed by atoms with E-state index in [9.17, 15) is 0 Å². The zero-order valence-electron chi connectivity index (χ0n) is 19.2. The maximum atomic E-state index is 5.97. The van der Waals surface area contributed by atoms with Crippen molar-refractivity contribution in [3.8, 4) is 0 Å². The van der Waals surface area contributed by atoms with Gasteiger partial charge in [0.2, 0.25) is 0 Å². The monoisotopic (exact) mass is 403 g/mol. The molecular formula is C28H37NO. The molecular weight excluding hydrogens is 366 g/mol. The summed E-state index contributed by atoms with van der Waals surface area (Å²) in [7, 11) is 0. The molecule has 1 aromatic rings. The van der Waals surface area contributed by atoms with Crippen LogP contribution in [-0.4, -0.2) is 11.6 Å². The molecule has 0 amide bonds. The maximum Gasteiger partial charge on any atom is 0.0962 e. The number of allylic oxidation sites excluding steroid dienone is 6. The van der Waals surface area contributed by atoms with Gasteiger partial charge in [-0.25, -0.2) is 0 Å². The van der Waals surface area contributed by atoms with Crippen LogP contribution < -0.4 is 0 Å². The molecule has 5 rings (SSSR count). The van der Waals surface area contributed by atoms with Crippen LogP contribution in [0.1, 0.15) is 78.2 Å². The van der Waals surface area contributed by atoms with Crippen LogP contribution in [0.2, 0.25) is 0 Å². The Balaban J connectivity index is 1.51. The van der Waals surface area contributed by atoms with Gasteiger partial charge in [-0.1, -0.05) is 38.5 Å². The molecule has 0 saturated heterocycles. The fourth-order valence-corrected chi connectivity index (χ4v) is 7.74. The summed E-state index contributed by atoms with van der Waals surface area (Å²) < 4.78 is 5.97. The van der Waals surface area contributed by atoms with Crippen molar-refractivity contribution in [3.05, 3.63) is 59.1 Å². The van der Waals surface area contributed by atoms with Crippen molar-refractivity contribution in [1.29, 1.82) is 0 Å². The van der Waals surface area contributed by atoms with E-state index in [-0.39, 0.29) is 0 Å². The summed E-state index contributed by atoms with van der Waals surface area (Å²) >= 11 is 0. The number of rotatable bonds is 4. The molecule has 1 aromatic heterocycles. The highest BCUT2D eigenvalue weighted by Crippen LogP contribution is 2.67. The molecule has 1 fully saturated rings. The molecule has 4 aliphatic carbocycles. The van der Waals surface area contributed by atoms with Gasteiger partial charge >= 0.3 is 0 Å². The van der Waals surface area contributed by atoms with Crippen molar-refractivity contribution in [2.24, 2.45) is 28.6 Å². The molecule has 5 atom stereocenters. The number of hydrogen-bond donors (Lipinski definition) is 0. The smallest absolute Gasteiger partial charge is 0.0962 e. The quantitative estimate of drug-likeness (QED) is 0.524. The first kappa shape index (κ1) is 20.1. The third kappa shape index (κ3) is 2.86. The zero-order valence-corrected chi connectivity index (χ0v) is 19.2. The van der Waals surface area contributed by atoms with Gasteiger partial charge in [-0.3, -0.25) is 4.98 Å². The minimum atomic E-state index is 0.303. The van der Waals surface area contributed by atoms with Crippen LogP contribution in [0.25, 0.3) is 5.57 Å². The predicted molar refractivity (Wildman–Crippen MR) is 124 cm³/mol. The summed E-state index contributed by atoms with van der Waals surface area (Å²) in [5.74, 6) is 3.60. The summed E-state index contributed by atoms with van der Waals surface area (Å²) in [6.45, 7) is 10.4. The van der Waals surface area contributed by atoms with E-state index >= 15 is 0 Å². The molecule has 1 heterocycles. The van der Waals surface area contributed by atoms with Gasteiger partial charge in [0.25, 0.3) is 0 Å². The highest BCUT2D eigenvalue weighted by Gasteiger charge is 2.57. The lowest BCUT2D eigenvalue weighted by Gasteiger charge is -2.58. The molecule has 0 N–H and O–H groups in total. The Kier molecular flexibility index (Phi) is 4.95. The number of nitrogens with zero attached hydrogens (tertiary/aromatic N) is 1. The fraction of sp³-hybridized carbons (Fsp3) is 0.607. The summed E-state index contributed by atoms with van der Waals surface area (Å²) in [5, 5.41) is 0. The zero-order chi connectivity index (χ0) is 20.9. The lowest BCUT2D eigenvalue weighted by molar-refractivity contribution is -0.00850. The molecule has 0 aliphatic heterocycles. The highest BCUT2D eigenvalue weighted by molar-refractivity contribution is 5.72. The molecule has 30 heavy (non-hydrogen) atoms. The van der Waals surface area contributed by atoms with Crippen LogP contribution in [0.5, 0.6) is 0 Å². The Morgan fingerprint density at radius 1 is 1.13 bits per heavy atom. The van der Waals surface area contributed by atoms with Crippen molar-refractivity contribution in [3.63, 3.8) is 0 Å². The minimum absolute atomic E-state index is 0.303. The Bertz CT molecular complexity index is 910. The molecule has 4 aliphatic rings. The highest BCUT2D eigenvalue weighted by atomic mass is 16.5. The van der Waals surface area contributed by atoms with E-state index < -0.39 is 0 Å². The molecule has 0 bridgehead atoms. The summed E-state index contributed by atoms with van der Waals surface area (Å²) in [6, 6.07) is 4.35. The van der Waals surface area contributed by atoms with E-state index in [4.69, 9.17) is 4.74 Å². The summed E-state index contributed by atoms with van der Waals surface area (Å²) in [6.07, 6.45) is 17.7. The average Bonchev–Trinajstić information content (AvgIpc) is 3.12. The number of aromatic nitrogens is 1. The van der Waals surface area contributed by atoms with E-state index in [1.807, 2.05) is 6.20 Å². The van der Waals surface area contributed by atoms with Gasteiger partial charge in [0.1, 0.15) is 0 Å². The van der Waals surface area contributed by atoms with Gasteiger partial charge in [-0.05, 0) is 103 Å². The average molecular weight is 404 g/mol. The number of hydrogen-bond acceptors (Lipinski definition) is 2. The SMILES string of the molecule is CCOC1=CC2=C(CC)CC3C4CC=C(c5cccnc5)C4(C)CCC3C2(C)CC1. The number of fused-ring (bicyclic) bond motifs is 5. The molecule has 0 radical (unpaired) electrons. The van der Waals surface area contributed by atoms with Gasteiger partial charge in [0.15, 0.2) is 0 Å². The van der Waals surface area contributed by atoms with Crippen molar-refractivity contribution < 1.29 is 4.74 Å². The van der Waals surface area contributed by atoms with Crippen molar-refractivity contribution in [1.82, 2.24) is 4.98 Å². The standard InChI is InChI=1S/C28H37NO/c1-5-19-16-22-24-10-9-23(20-8-7-15-29-18-20)27(24,3)14-12-25(22)28(4)13-11-21(30-6-2)17-26(19)28/h7-9,15,17-18,22,24-25H,5-6,10-14,16H2,1-4H3. The Morgan fingerprint density at radius 3 is 2.73 bits per heavy atom. The molecule has 2 nitrogen and oxygen atoms in total. The van der Waals surface area contributed by atoms with E-state index in [1.54, 1.807) is 16.7 Å². The first-order chi connectivity index (χ1) is 14.5. The van der Waals surface area contributed by atoms with Crippen LogP contribution in [0, 0.1) is 28.6 Å². The second-order valence-corrected chi connectivity index (χ2v) is 10.5. The molecule has 160 valence electrons. The second kappa shape index (κ2) is 7.39. The van der Waals surface area contributed by atoms with E-state index in [1.165, 1.54) is 49.8 Å². The van der Waals surface area contributed by atoms with E-state index in [2.05, 4.69) is 63.2 Å². The first-order valence-electron chi connectivity index (χ1n) is 12.2. The molecule has 1 saturated carbocycles. The maximum absolute atomic E-state index is 5.97. The van der Waals surface area contributed by atoms with Crippen molar-refractivity contribution in [2.75, 3.05) is 6.61 Å². The van der Waals surface area contributed by atoms with Crippen LogP contribution in [0.15, 0.2) is 53.6 Å². The van der Waals surface area contributed by atoms with Crippen LogP contribution >= 0.6 is 0 Å². The minimum Gasteiger partial charge on any atom is -0.498 e. The number of ether oxygens (including phenoxy) is 1. The lowest BCUT2D eigenvalue weighted by atomic mass is 9.46. The van der Waals surface area contributed by atoms with Crippen LogP contribution in [0.4, 0.5) is 0 Å². The van der Waals surface area contributed by atoms with Gasteiger partial charge < -0.3 is 4.74 Å². The van der Waals surface area contributed by atoms with Gasteiger partial charge in [-0.2, -0.15) is 0 Å². The number of pyridine rings is 1. The van der Waals surface area contributed by atoms with Crippen molar-refractivity contribution in [2.45, 2.75) is 72.6 Å². The Labute approximate surface area is 182 Å². The first-order valence-corrected chi connectivity index (χ1v) is 12.2. The largest absolute Gasteiger partial charge is 0.498 e. The summed E-state index contributed by atoms with van der Waals surface area (Å²) in [4.78, 5) is 4.43. The second-order valence-electron chi connectivity index (χ2n) is 10.5. The van der Waals surface area contributed by atoms with Gasteiger partial charge in [-0.15, -0.1) is 0 Å². The van der Waals surface area contributed by atoms with E-state index in [0.717, 1.165) is 30.8 Å². The predicted octanol–water partition coefficient (Wildman–Crippen LogP) is 7.35. The van der Waals surface area contributed by atoms with E-state index in [0.29, 0.717) is 10.8 Å². The Hall–Kier alpha value is -1.83. The fourth-order valence-electron chi connectivity index (χ4n) is 7.74. The van der Waals surface area contributed by atoms with Gasteiger partial charge in [0, 0.05) is 18.8 Å². The normalized spacial score (nSPS) is 37.7. The Morgan fingerprint density at radius 2 is 2.00 bits per heavy atom. The molecule has 0 spiro atoms. The molecule has 2 heteroatoms. The molecule has 0 aromatic carbocycles. The lowest BCUT2D eigenvalue weighted by Crippen LogP contribution is -2.49. The van der Waals surface area contributed by atoms with Crippen molar-refractivity contribution >= 4 is 5.57 Å². The summed E-state index contributed by atoms with van der Waals surface area (Å²) in [5.41, 5.74) is 6.89. The third-order valence-corrected chi connectivity index (χ3v) is 9.24. The third-order valence-electron chi connectivity index (χ3n) is 9.24.